The molecule has 5 N–H and O–H groups in total. The van der Waals surface area contributed by atoms with E-state index in [1.807, 2.05) is 30.3 Å². The van der Waals surface area contributed by atoms with E-state index in [9.17, 15) is 14.4 Å². The lowest BCUT2D eigenvalue weighted by molar-refractivity contribution is -0.147. The number of carbonyl (C=O) groups is 3. The quantitative estimate of drug-likeness (QED) is 0.221. The summed E-state index contributed by atoms with van der Waals surface area (Å²) < 4.78 is 5.13. The number of carbonyl (C=O) groups excluding carboxylic acids is 1. The van der Waals surface area contributed by atoms with Gasteiger partial charge in [0.2, 0.25) is 0 Å². The molecular weight excluding hydrogens is 356 g/mol. The predicted octanol–water partition coefficient (Wildman–Crippen LogP) is -0.0220. The molecule has 0 saturated carbocycles. The fourth-order valence-electron chi connectivity index (χ4n) is 2.20. The van der Waals surface area contributed by atoms with Crippen molar-refractivity contribution in [3.05, 3.63) is 35.9 Å². The van der Waals surface area contributed by atoms with Crippen LogP contribution in [0.5, 0.6) is 0 Å². The normalized spacial score (nSPS) is 12.9. The van der Waals surface area contributed by atoms with Gasteiger partial charge in [0.1, 0.15) is 12.6 Å². The van der Waals surface area contributed by atoms with Gasteiger partial charge in [-0.3, -0.25) is 9.59 Å². The summed E-state index contributed by atoms with van der Waals surface area (Å²) in [6.45, 7) is 0.998. The van der Waals surface area contributed by atoms with Crippen LogP contribution in [0.4, 0.5) is 0 Å². The highest BCUT2D eigenvalue weighted by atomic mass is 16.5. The summed E-state index contributed by atoms with van der Waals surface area (Å²) in [5, 5.41) is 32.5. The Kier molecular flexibility index (Phi) is 10.7. The number of ether oxygens (including phenoxy) is 1. The second kappa shape index (κ2) is 12.8. The first kappa shape index (κ1) is 22.6. The van der Waals surface area contributed by atoms with E-state index in [1.165, 1.54) is 0 Å². The van der Waals surface area contributed by atoms with Gasteiger partial charge in [-0.25, -0.2) is 4.79 Å². The standard InChI is InChI=1S/C18H26N2O7/c21-15(18(25)26)7-11-20-14(17(23)24)6-9-19-10-8-16(22)27-12-13-4-2-1-3-5-13/h1-5,14-15,19-21H,6-12H2,(H,23,24)(H,25,26)/t14-,15-/m0/s1. The smallest absolute Gasteiger partial charge is 0.332 e. The molecule has 0 fully saturated rings. The maximum absolute atomic E-state index is 11.6. The van der Waals surface area contributed by atoms with Crippen molar-refractivity contribution in [2.75, 3.05) is 19.6 Å². The van der Waals surface area contributed by atoms with E-state index in [2.05, 4.69) is 10.6 Å². The van der Waals surface area contributed by atoms with Crippen LogP contribution in [0.25, 0.3) is 0 Å². The van der Waals surface area contributed by atoms with Crippen molar-refractivity contribution in [3.8, 4) is 0 Å². The van der Waals surface area contributed by atoms with Gasteiger partial charge >= 0.3 is 17.9 Å². The second-order valence-electron chi connectivity index (χ2n) is 5.92. The van der Waals surface area contributed by atoms with E-state index in [0.29, 0.717) is 13.1 Å². The Hall–Kier alpha value is -2.49. The molecule has 0 amide bonds. The van der Waals surface area contributed by atoms with Gasteiger partial charge in [0, 0.05) is 6.54 Å². The van der Waals surface area contributed by atoms with Crippen molar-refractivity contribution in [2.45, 2.75) is 38.0 Å². The van der Waals surface area contributed by atoms with E-state index in [1.54, 1.807) is 0 Å². The van der Waals surface area contributed by atoms with E-state index >= 15 is 0 Å². The molecule has 0 aromatic heterocycles. The molecule has 0 unspecified atom stereocenters. The molecule has 1 aromatic rings. The molecule has 0 heterocycles. The third-order valence-corrected chi connectivity index (χ3v) is 3.75. The zero-order valence-electron chi connectivity index (χ0n) is 15.0. The monoisotopic (exact) mass is 382 g/mol. The Balaban J connectivity index is 2.13. The number of aliphatic hydroxyl groups is 1. The number of hydrogen-bond donors (Lipinski definition) is 5. The molecule has 150 valence electrons. The average molecular weight is 382 g/mol. The Morgan fingerprint density at radius 2 is 1.67 bits per heavy atom. The molecule has 0 radical (unpaired) electrons. The highest BCUT2D eigenvalue weighted by molar-refractivity contribution is 5.73. The molecule has 9 nitrogen and oxygen atoms in total. The van der Waals surface area contributed by atoms with Gasteiger partial charge in [-0.1, -0.05) is 30.3 Å². The molecule has 0 saturated heterocycles. The molecule has 0 aliphatic rings. The Morgan fingerprint density at radius 1 is 0.963 bits per heavy atom. The summed E-state index contributed by atoms with van der Waals surface area (Å²) in [5.74, 6) is -2.75. The van der Waals surface area contributed by atoms with Crippen molar-refractivity contribution >= 4 is 17.9 Å². The van der Waals surface area contributed by atoms with E-state index < -0.39 is 24.1 Å². The Bertz CT molecular complexity index is 595. The summed E-state index contributed by atoms with van der Waals surface area (Å²) in [5.41, 5.74) is 0.905. The van der Waals surface area contributed by atoms with Crippen LogP contribution in [0, 0.1) is 0 Å². The van der Waals surface area contributed by atoms with E-state index in [0.717, 1.165) is 5.56 Å². The molecule has 0 aliphatic carbocycles. The van der Waals surface area contributed by atoms with Crippen LogP contribution in [0.2, 0.25) is 0 Å². The first-order valence-corrected chi connectivity index (χ1v) is 8.67. The summed E-state index contributed by atoms with van der Waals surface area (Å²) in [7, 11) is 0. The van der Waals surface area contributed by atoms with Crippen LogP contribution in [-0.2, 0) is 25.7 Å². The number of aliphatic carboxylic acids is 2. The summed E-state index contributed by atoms with van der Waals surface area (Å²) in [6, 6.07) is 8.45. The Morgan fingerprint density at radius 3 is 2.30 bits per heavy atom. The van der Waals surface area contributed by atoms with Crippen LogP contribution in [0.3, 0.4) is 0 Å². The molecule has 2 atom stereocenters. The Labute approximate surface area is 157 Å². The number of carboxylic acid groups (broad SMARTS) is 2. The average Bonchev–Trinajstić information content (AvgIpc) is 2.65. The van der Waals surface area contributed by atoms with Gasteiger partial charge in [-0.2, -0.15) is 0 Å². The number of esters is 1. The highest BCUT2D eigenvalue weighted by Crippen LogP contribution is 2.01. The van der Waals surface area contributed by atoms with Crippen LogP contribution in [0.1, 0.15) is 24.8 Å². The molecule has 1 aromatic carbocycles. The number of aliphatic hydroxyl groups excluding tert-OH is 1. The van der Waals surface area contributed by atoms with Gasteiger partial charge in [0.25, 0.3) is 0 Å². The molecule has 0 bridgehead atoms. The van der Waals surface area contributed by atoms with Gasteiger partial charge in [0.15, 0.2) is 6.10 Å². The minimum Gasteiger partial charge on any atom is -0.480 e. The van der Waals surface area contributed by atoms with E-state index in [-0.39, 0.29) is 38.4 Å². The lowest BCUT2D eigenvalue weighted by Crippen LogP contribution is -2.41. The lowest BCUT2D eigenvalue weighted by atomic mass is 10.2. The zero-order valence-corrected chi connectivity index (χ0v) is 15.0. The number of carboxylic acids is 2. The topological polar surface area (TPSA) is 145 Å². The van der Waals surface area contributed by atoms with Crippen molar-refractivity contribution < 1.29 is 34.4 Å². The van der Waals surface area contributed by atoms with Crippen molar-refractivity contribution in [3.63, 3.8) is 0 Å². The van der Waals surface area contributed by atoms with Crippen LogP contribution < -0.4 is 10.6 Å². The lowest BCUT2D eigenvalue weighted by Gasteiger charge is -2.15. The van der Waals surface area contributed by atoms with Gasteiger partial charge in [-0.15, -0.1) is 0 Å². The first-order valence-electron chi connectivity index (χ1n) is 8.67. The van der Waals surface area contributed by atoms with E-state index in [4.69, 9.17) is 20.1 Å². The largest absolute Gasteiger partial charge is 0.480 e. The number of rotatable bonds is 14. The van der Waals surface area contributed by atoms with Crippen molar-refractivity contribution in [2.24, 2.45) is 0 Å². The second-order valence-corrected chi connectivity index (χ2v) is 5.92. The van der Waals surface area contributed by atoms with Crippen molar-refractivity contribution in [1.29, 1.82) is 0 Å². The minimum absolute atomic E-state index is 0.0657. The van der Waals surface area contributed by atoms with Crippen LogP contribution in [0.15, 0.2) is 30.3 Å². The predicted molar refractivity (Wildman–Crippen MR) is 96.0 cm³/mol. The highest BCUT2D eigenvalue weighted by Gasteiger charge is 2.18. The molecule has 9 heteroatoms. The number of benzene rings is 1. The molecular formula is C18H26N2O7. The fourth-order valence-corrected chi connectivity index (χ4v) is 2.20. The fraction of sp³-hybridized carbons (Fsp3) is 0.500. The zero-order chi connectivity index (χ0) is 20.1. The number of nitrogens with one attached hydrogen (secondary N) is 2. The van der Waals surface area contributed by atoms with Gasteiger partial charge < -0.3 is 30.7 Å². The minimum atomic E-state index is -1.52. The summed E-state index contributed by atoms with van der Waals surface area (Å²) in [6.07, 6.45) is -1.19. The third kappa shape index (κ3) is 10.3. The summed E-state index contributed by atoms with van der Waals surface area (Å²) in [4.78, 5) is 33.3. The molecule has 1 rings (SSSR count). The first-order chi connectivity index (χ1) is 12.9. The summed E-state index contributed by atoms with van der Waals surface area (Å²) >= 11 is 0. The molecule has 0 aliphatic heterocycles. The SMILES string of the molecule is O=C(CCNCC[C@H](NCC[C@H](O)C(=O)O)C(=O)O)OCc1ccccc1. The van der Waals surface area contributed by atoms with Gasteiger partial charge in [0.05, 0.1) is 6.42 Å². The van der Waals surface area contributed by atoms with Crippen LogP contribution >= 0.6 is 0 Å². The third-order valence-electron chi connectivity index (χ3n) is 3.75. The maximum Gasteiger partial charge on any atom is 0.332 e. The maximum atomic E-state index is 11.6. The van der Waals surface area contributed by atoms with Crippen molar-refractivity contribution in [1.82, 2.24) is 10.6 Å². The number of hydrogen-bond acceptors (Lipinski definition) is 7. The van der Waals surface area contributed by atoms with Crippen LogP contribution in [-0.4, -0.2) is 65.0 Å². The molecule has 0 spiro atoms. The van der Waals surface area contributed by atoms with Gasteiger partial charge in [-0.05, 0) is 31.5 Å². The molecule has 27 heavy (non-hydrogen) atoms.